The Hall–Kier alpha value is -1.72. The summed E-state index contributed by atoms with van der Waals surface area (Å²) in [6.45, 7) is 4.25. The molecule has 0 aliphatic carbocycles. The maximum atomic E-state index is 12.8. The van der Waals surface area contributed by atoms with Gasteiger partial charge in [-0.25, -0.2) is 9.37 Å². The smallest absolute Gasteiger partial charge is 0.123 e. The van der Waals surface area contributed by atoms with E-state index in [2.05, 4.69) is 4.98 Å². The molecule has 0 aliphatic rings. The summed E-state index contributed by atoms with van der Waals surface area (Å²) in [5.41, 5.74) is 2.01. The third-order valence-corrected chi connectivity index (χ3v) is 3.17. The molecule has 5 heteroatoms. The van der Waals surface area contributed by atoms with Gasteiger partial charge in [-0.1, -0.05) is 12.1 Å². The highest BCUT2D eigenvalue weighted by Gasteiger charge is 2.05. The van der Waals surface area contributed by atoms with Gasteiger partial charge in [0.25, 0.3) is 0 Å². The molecule has 0 atom stereocenters. The van der Waals surface area contributed by atoms with Gasteiger partial charge >= 0.3 is 0 Å². The Morgan fingerprint density at radius 2 is 2.05 bits per heavy atom. The van der Waals surface area contributed by atoms with Crippen LogP contribution in [0.25, 0.3) is 0 Å². The van der Waals surface area contributed by atoms with Gasteiger partial charge in [-0.2, -0.15) is 0 Å². The van der Waals surface area contributed by atoms with Crippen LogP contribution in [0.4, 0.5) is 4.39 Å². The van der Waals surface area contributed by atoms with Gasteiger partial charge in [0.05, 0.1) is 18.8 Å². The summed E-state index contributed by atoms with van der Waals surface area (Å²) in [7, 11) is 0. The van der Waals surface area contributed by atoms with Gasteiger partial charge in [0, 0.05) is 25.8 Å². The molecule has 2 rings (SSSR count). The number of benzene rings is 1. The van der Waals surface area contributed by atoms with Gasteiger partial charge < -0.3 is 9.67 Å². The van der Waals surface area contributed by atoms with Crippen molar-refractivity contribution >= 4 is 0 Å². The fourth-order valence-corrected chi connectivity index (χ4v) is 2.12. The molecule has 0 amide bonds. The Bertz CT molecular complexity index is 524. The Kier molecular flexibility index (Phi) is 5.26. The largest absolute Gasteiger partial charge is 0.381 e. The van der Waals surface area contributed by atoms with Gasteiger partial charge in [0.15, 0.2) is 0 Å². The number of hydrogen-bond donors (Lipinski definition) is 1. The zero-order valence-corrected chi connectivity index (χ0v) is 11.7. The van der Waals surface area contributed by atoms with Crippen LogP contribution in [0.15, 0.2) is 36.8 Å². The predicted molar refractivity (Wildman–Crippen MR) is 75.5 cm³/mol. The molecule has 1 aromatic heterocycles. The van der Waals surface area contributed by atoms with Crippen molar-refractivity contribution in [1.29, 1.82) is 0 Å². The maximum absolute atomic E-state index is 12.8. The molecular weight excluding hydrogens is 257 g/mol. The highest BCUT2D eigenvalue weighted by molar-refractivity contribution is 5.15. The summed E-state index contributed by atoms with van der Waals surface area (Å²) in [4.78, 5) is 6.10. The molecule has 1 N–H and O–H groups in total. The third-order valence-electron chi connectivity index (χ3n) is 3.17. The molecule has 0 spiro atoms. The van der Waals surface area contributed by atoms with Gasteiger partial charge in [-0.05, 0) is 31.0 Å². The van der Waals surface area contributed by atoms with E-state index < -0.39 is 0 Å². The summed E-state index contributed by atoms with van der Waals surface area (Å²) in [6.07, 6.45) is 4.75. The van der Waals surface area contributed by atoms with E-state index in [9.17, 15) is 9.50 Å². The molecule has 4 nitrogen and oxygen atoms in total. The van der Waals surface area contributed by atoms with Crippen molar-refractivity contribution in [3.05, 3.63) is 53.9 Å². The van der Waals surface area contributed by atoms with E-state index in [1.807, 2.05) is 28.9 Å². The first kappa shape index (κ1) is 14.7. The van der Waals surface area contributed by atoms with Crippen molar-refractivity contribution in [2.75, 3.05) is 13.3 Å². The number of aliphatic hydroxyl groups is 1. The fraction of sp³-hybridized carbons (Fsp3) is 0.400. The molecule has 0 radical (unpaired) electrons. The van der Waals surface area contributed by atoms with E-state index in [0.717, 1.165) is 30.8 Å². The number of imidazole rings is 1. The van der Waals surface area contributed by atoms with Crippen LogP contribution in [-0.4, -0.2) is 32.8 Å². The lowest BCUT2D eigenvalue weighted by Gasteiger charge is -2.19. The predicted octanol–water partition coefficient (Wildman–Crippen LogP) is 2.17. The van der Waals surface area contributed by atoms with E-state index in [1.54, 1.807) is 12.1 Å². The van der Waals surface area contributed by atoms with E-state index in [-0.39, 0.29) is 12.5 Å². The van der Waals surface area contributed by atoms with E-state index in [1.165, 1.54) is 12.1 Å². The topological polar surface area (TPSA) is 41.3 Å². The van der Waals surface area contributed by atoms with Crippen LogP contribution in [-0.2, 0) is 13.1 Å². The summed E-state index contributed by atoms with van der Waals surface area (Å²) in [5, 5.41) is 9.38. The standard InChI is InChI=1S/C15H20FN3O/c1-13-9-18(11-17-13)7-2-8-19(12-20)10-14-3-5-15(16)6-4-14/h3-6,9,11,20H,2,7-8,10,12H2,1H3. The molecule has 2 aromatic rings. The monoisotopic (exact) mass is 277 g/mol. The third kappa shape index (κ3) is 4.43. The van der Waals surface area contributed by atoms with Crippen molar-refractivity contribution in [1.82, 2.24) is 14.5 Å². The molecule has 0 aliphatic heterocycles. The number of hydrogen-bond acceptors (Lipinski definition) is 3. The quantitative estimate of drug-likeness (QED) is 0.789. The van der Waals surface area contributed by atoms with Crippen LogP contribution in [0.5, 0.6) is 0 Å². The zero-order valence-electron chi connectivity index (χ0n) is 11.7. The summed E-state index contributed by atoms with van der Waals surface area (Å²) in [6, 6.07) is 6.38. The van der Waals surface area contributed by atoms with E-state index >= 15 is 0 Å². The van der Waals surface area contributed by atoms with Gasteiger partial charge in [-0.3, -0.25) is 4.90 Å². The minimum atomic E-state index is -0.236. The van der Waals surface area contributed by atoms with Crippen LogP contribution < -0.4 is 0 Å². The lowest BCUT2D eigenvalue weighted by Crippen LogP contribution is -2.26. The Labute approximate surface area is 118 Å². The second-order valence-corrected chi connectivity index (χ2v) is 4.93. The van der Waals surface area contributed by atoms with Gasteiger partial charge in [0.1, 0.15) is 5.82 Å². The molecule has 108 valence electrons. The minimum absolute atomic E-state index is 0.000330. The van der Waals surface area contributed by atoms with Gasteiger partial charge in [-0.15, -0.1) is 0 Å². The number of aromatic nitrogens is 2. The highest BCUT2D eigenvalue weighted by atomic mass is 19.1. The molecule has 1 heterocycles. The van der Waals surface area contributed by atoms with E-state index in [4.69, 9.17) is 0 Å². The molecular formula is C15H20FN3O. The lowest BCUT2D eigenvalue weighted by atomic mass is 10.2. The van der Waals surface area contributed by atoms with Crippen LogP contribution in [0.3, 0.4) is 0 Å². The van der Waals surface area contributed by atoms with Crippen molar-refractivity contribution in [2.24, 2.45) is 0 Å². The first-order valence-electron chi connectivity index (χ1n) is 6.73. The first-order chi connectivity index (χ1) is 9.67. The molecule has 20 heavy (non-hydrogen) atoms. The van der Waals surface area contributed by atoms with Crippen LogP contribution >= 0.6 is 0 Å². The molecule has 0 fully saturated rings. The number of halogens is 1. The first-order valence-corrected chi connectivity index (χ1v) is 6.73. The highest BCUT2D eigenvalue weighted by Crippen LogP contribution is 2.07. The van der Waals surface area contributed by atoms with Crippen molar-refractivity contribution in [3.8, 4) is 0 Å². The van der Waals surface area contributed by atoms with Crippen molar-refractivity contribution in [2.45, 2.75) is 26.4 Å². The Balaban J connectivity index is 1.78. The average Bonchev–Trinajstić information content (AvgIpc) is 2.85. The second kappa shape index (κ2) is 7.17. The average molecular weight is 277 g/mol. The van der Waals surface area contributed by atoms with Crippen molar-refractivity contribution < 1.29 is 9.50 Å². The number of aryl methyl sites for hydroxylation is 2. The number of aliphatic hydroxyl groups excluding tert-OH is 1. The van der Waals surface area contributed by atoms with Gasteiger partial charge in [0.2, 0.25) is 0 Å². The summed E-state index contributed by atoms with van der Waals surface area (Å²) >= 11 is 0. The number of nitrogens with zero attached hydrogens (tertiary/aromatic N) is 3. The van der Waals surface area contributed by atoms with Crippen LogP contribution in [0.1, 0.15) is 17.7 Å². The van der Waals surface area contributed by atoms with Crippen LogP contribution in [0.2, 0.25) is 0 Å². The SMILES string of the molecule is Cc1cn(CCCN(CO)Cc2ccc(F)cc2)cn1. The lowest BCUT2D eigenvalue weighted by molar-refractivity contribution is 0.0981. The minimum Gasteiger partial charge on any atom is -0.381 e. The molecule has 1 aromatic carbocycles. The second-order valence-electron chi connectivity index (χ2n) is 4.93. The molecule has 0 bridgehead atoms. The zero-order chi connectivity index (χ0) is 14.4. The number of rotatable bonds is 7. The summed E-state index contributed by atoms with van der Waals surface area (Å²) in [5.74, 6) is -0.236. The maximum Gasteiger partial charge on any atom is 0.123 e. The molecule has 0 saturated heterocycles. The normalized spacial score (nSPS) is 11.2. The van der Waals surface area contributed by atoms with Crippen LogP contribution in [0, 0.1) is 12.7 Å². The van der Waals surface area contributed by atoms with E-state index in [0.29, 0.717) is 6.54 Å². The molecule has 0 saturated carbocycles. The summed E-state index contributed by atoms with van der Waals surface area (Å²) < 4.78 is 14.9. The molecule has 0 unspecified atom stereocenters. The van der Waals surface area contributed by atoms with Crippen molar-refractivity contribution in [3.63, 3.8) is 0 Å². The fourth-order valence-electron chi connectivity index (χ4n) is 2.12. The Morgan fingerprint density at radius 1 is 1.30 bits per heavy atom. The Morgan fingerprint density at radius 3 is 2.65 bits per heavy atom.